The lowest BCUT2D eigenvalue weighted by Crippen LogP contribution is -3.00. The summed E-state index contributed by atoms with van der Waals surface area (Å²) in [5.74, 6) is -3.03. The smallest absolute Gasteiger partial charge is 0.402 e. The maximum atomic E-state index is 10.2. The number of phenolic OH excluding ortho intramolecular Hbond substituents is 5. The third-order valence-corrected chi connectivity index (χ3v) is 4.85. The van der Waals surface area contributed by atoms with E-state index in [0.717, 1.165) is 18.2 Å². The van der Waals surface area contributed by atoms with Gasteiger partial charge in [-0.15, -0.1) is 0 Å². The highest BCUT2D eigenvalue weighted by Crippen LogP contribution is 2.44. The molecular formula is C20H19ClO11. The number of rotatable bonds is 3. The van der Waals surface area contributed by atoms with E-state index in [0.29, 0.717) is 0 Å². The second-order valence-corrected chi connectivity index (χ2v) is 7.05. The van der Waals surface area contributed by atoms with E-state index in [2.05, 4.69) is 0 Å². The molecular weight excluding hydrogens is 452 g/mol. The summed E-state index contributed by atoms with van der Waals surface area (Å²) in [5.41, 5.74) is 0.0332. The number of benzene rings is 2. The zero-order valence-corrected chi connectivity index (χ0v) is 16.8. The Bertz CT molecular complexity index is 1130. The Hall–Kier alpha value is -3.22. The van der Waals surface area contributed by atoms with E-state index in [9.17, 15) is 40.9 Å². The van der Waals surface area contributed by atoms with Crippen LogP contribution in [0, 0.1) is 0 Å². The first-order valence-electron chi connectivity index (χ1n) is 9.06. The first kappa shape index (κ1) is 23.4. The number of aliphatic hydroxyl groups is 3. The van der Waals surface area contributed by atoms with Crippen molar-refractivity contribution >= 4 is 11.0 Å². The Balaban J connectivity index is 0.00000289. The lowest BCUT2D eigenvalue weighted by Gasteiger charge is -2.34. The van der Waals surface area contributed by atoms with Crippen LogP contribution in [-0.4, -0.2) is 72.1 Å². The topological polar surface area (TPSA) is 192 Å². The Morgan fingerprint density at radius 2 is 1.50 bits per heavy atom. The summed E-state index contributed by atoms with van der Waals surface area (Å²) in [6, 6.07) is 5.68. The molecule has 0 aliphatic carbocycles. The third kappa shape index (κ3) is 4.11. The van der Waals surface area contributed by atoms with Gasteiger partial charge >= 0.3 is 11.3 Å². The number of hydrogen-bond acceptors (Lipinski definition) is 10. The van der Waals surface area contributed by atoms with Gasteiger partial charge in [-0.25, -0.2) is 4.42 Å². The number of aliphatic hydroxyl groups excluding tert-OH is 3. The molecule has 8 N–H and O–H groups in total. The van der Waals surface area contributed by atoms with Gasteiger partial charge < -0.3 is 62.7 Å². The van der Waals surface area contributed by atoms with Gasteiger partial charge in [0.25, 0.3) is 0 Å². The van der Waals surface area contributed by atoms with Crippen LogP contribution in [0.15, 0.2) is 34.7 Å². The van der Waals surface area contributed by atoms with Crippen molar-refractivity contribution in [3.05, 3.63) is 30.3 Å². The molecule has 3 aromatic rings. The number of fused-ring (bicyclic) bond motifs is 1. The van der Waals surface area contributed by atoms with E-state index in [1.807, 2.05) is 0 Å². The molecule has 0 bridgehead atoms. The van der Waals surface area contributed by atoms with E-state index in [1.165, 1.54) is 12.1 Å². The van der Waals surface area contributed by atoms with Crippen LogP contribution in [0.3, 0.4) is 0 Å². The van der Waals surface area contributed by atoms with Gasteiger partial charge in [0, 0.05) is 24.3 Å². The largest absolute Gasteiger partial charge is 1.00 e. The van der Waals surface area contributed by atoms with Crippen molar-refractivity contribution in [3.8, 4) is 45.8 Å². The monoisotopic (exact) mass is 470 g/mol. The van der Waals surface area contributed by atoms with Crippen LogP contribution in [0.25, 0.3) is 22.3 Å². The number of phenols is 5. The number of ether oxygens (including phenoxy) is 2. The van der Waals surface area contributed by atoms with Crippen LogP contribution in [0.1, 0.15) is 0 Å². The molecule has 1 fully saturated rings. The average Bonchev–Trinajstić information content (AvgIpc) is 2.72. The predicted molar refractivity (Wildman–Crippen MR) is 103 cm³/mol. The van der Waals surface area contributed by atoms with Crippen molar-refractivity contribution in [3.63, 3.8) is 0 Å². The molecule has 4 atom stereocenters. The van der Waals surface area contributed by atoms with Crippen LogP contribution < -0.4 is 17.1 Å². The van der Waals surface area contributed by atoms with Crippen LogP contribution in [-0.2, 0) is 4.74 Å². The quantitative estimate of drug-likeness (QED) is 0.152. The molecule has 11 nitrogen and oxygen atoms in total. The van der Waals surface area contributed by atoms with Crippen molar-refractivity contribution in [2.75, 3.05) is 6.61 Å². The van der Waals surface area contributed by atoms with Gasteiger partial charge in [-0.2, -0.15) is 0 Å². The van der Waals surface area contributed by atoms with E-state index in [-0.39, 0.29) is 58.6 Å². The van der Waals surface area contributed by atoms with Gasteiger partial charge in [-0.3, -0.25) is 0 Å². The molecule has 2 aromatic carbocycles. The minimum Gasteiger partial charge on any atom is -1.00 e. The minimum atomic E-state index is -1.64. The summed E-state index contributed by atoms with van der Waals surface area (Å²) in [5, 5.41) is 79.0. The van der Waals surface area contributed by atoms with E-state index < -0.39 is 41.9 Å². The highest BCUT2D eigenvalue weighted by molar-refractivity contribution is 5.88. The second-order valence-electron chi connectivity index (χ2n) is 7.05. The molecule has 0 saturated carbocycles. The van der Waals surface area contributed by atoms with Gasteiger partial charge in [0.05, 0.1) is 18.2 Å². The maximum absolute atomic E-state index is 10.2. The molecule has 0 radical (unpaired) electrons. The highest BCUT2D eigenvalue weighted by atomic mass is 35.5. The number of hydrogen-bond donors (Lipinski definition) is 8. The van der Waals surface area contributed by atoms with Gasteiger partial charge in [-0.05, 0) is 0 Å². The van der Waals surface area contributed by atoms with E-state index >= 15 is 0 Å². The third-order valence-electron chi connectivity index (χ3n) is 4.85. The van der Waals surface area contributed by atoms with Crippen LogP contribution in [0.5, 0.6) is 34.5 Å². The van der Waals surface area contributed by atoms with E-state index in [1.54, 1.807) is 0 Å². The van der Waals surface area contributed by atoms with Crippen molar-refractivity contribution < 1.29 is 67.2 Å². The maximum Gasteiger partial charge on any atom is 0.402 e. The zero-order chi connectivity index (χ0) is 22.4. The number of aromatic hydroxyl groups is 5. The van der Waals surface area contributed by atoms with Crippen LogP contribution >= 0.6 is 0 Å². The van der Waals surface area contributed by atoms with Crippen molar-refractivity contribution in [1.29, 1.82) is 0 Å². The fourth-order valence-corrected chi connectivity index (χ4v) is 3.22. The summed E-state index contributed by atoms with van der Waals surface area (Å²) >= 11 is 0. The highest BCUT2D eigenvalue weighted by Gasteiger charge is 2.40. The second kappa shape index (κ2) is 8.73. The van der Waals surface area contributed by atoms with Crippen molar-refractivity contribution in [2.45, 2.75) is 24.6 Å². The molecule has 1 aliphatic heterocycles. The molecule has 32 heavy (non-hydrogen) atoms. The molecule has 4 rings (SSSR count). The van der Waals surface area contributed by atoms with Crippen LogP contribution in [0.2, 0.25) is 0 Å². The standard InChI is InChI=1S/C20H18O11.ClH/c21-8-3-10(22)9-5-15(31-20-18(28)17(27)13(25)6-29-20)19(30-14(9)4-8)7-1-11(23)16(26)12(24)2-7;/h1-5,13,17-18,20,25,27-28H,6H2,(H4-,21,22,23,24,26);1H/t13-,17-,18+,20-;/m0./s1. The SMILES string of the molecule is Oc1cc(O)c2cc(O[C@@H]3OC[C@H](O)[C@H](O)[C@H]3O)c(-c3cc(O)c(O)c(O)c3)[o+]c2c1.[Cl-]. The Morgan fingerprint density at radius 3 is 2.16 bits per heavy atom. The summed E-state index contributed by atoms with van der Waals surface area (Å²) in [4.78, 5) is 0. The normalized spacial score (nSPS) is 23.0. The first-order chi connectivity index (χ1) is 14.7. The predicted octanol–water partition coefficient (Wildman–Crippen LogP) is -2.27. The first-order valence-corrected chi connectivity index (χ1v) is 9.06. The minimum absolute atomic E-state index is 0. The Morgan fingerprint density at radius 1 is 0.844 bits per heavy atom. The van der Waals surface area contributed by atoms with Crippen molar-refractivity contribution in [1.82, 2.24) is 0 Å². The molecule has 0 unspecified atom stereocenters. The molecule has 2 heterocycles. The van der Waals surface area contributed by atoms with Crippen molar-refractivity contribution in [2.24, 2.45) is 0 Å². The molecule has 1 saturated heterocycles. The fraction of sp³-hybridized carbons (Fsp3) is 0.250. The Kier molecular flexibility index (Phi) is 6.39. The average molecular weight is 471 g/mol. The lowest BCUT2D eigenvalue weighted by atomic mass is 10.1. The molecule has 1 aromatic heterocycles. The summed E-state index contributed by atoms with van der Waals surface area (Å²) in [6.45, 7) is -0.330. The van der Waals surface area contributed by atoms with Gasteiger partial charge in [0.15, 0.2) is 17.2 Å². The molecule has 172 valence electrons. The summed E-state index contributed by atoms with van der Waals surface area (Å²) in [6.07, 6.45) is -5.95. The van der Waals surface area contributed by atoms with Crippen LogP contribution in [0.4, 0.5) is 0 Å². The zero-order valence-electron chi connectivity index (χ0n) is 16.1. The fourth-order valence-electron chi connectivity index (χ4n) is 3.22. The Labute approximate surface area is 186 Å². The number of halogens is 1. The summed E-state index contributed by atoms with van der Waals surface area (Å²) in [7, 11) is 0. The summed E-state index contributed by atoms with van der Waals surface area (Å²) < 4.78 is 16.6. The van der Waals surface area contributed by atoms with E-state index in [4.69, 9.17) is 13.9 Å². The van der Waals surface area contributed by atoms with Gasteiger partial charge in [0.1, 0.15) is 35.2 Å². The van der Waals surface area contributed by atoms with Gasteiger partial charge in [0.2, 0.25) is 12.0 Å². The molecule has 12 heteroatoms. The molecule has 0 spiro atoms. The van der Waals surface area contributed by atoms with Gasteiger partial charge in [-0.1, -0.05) is 0 Å². The molecule has 0 amide bonds. The molecule has 1 aliphatic rings. The lowest BCUT2D eigenvalue weighted by molar-refractivity contribution is -0.242.